The lowest BCUT2D eigenvalue weighted by molar-refractivity contribution is -0.116. The molecule has 3 rings (SSSR count). The normalized spacial score (nSPS) is 14.8. The highest BCUT2D eigenvalue weighted by Gasteiger charge is 2.36. The number of carbonyl (C=O) groups is 1. The van der Waals surface area contributed by atoms with Gasteiger partial charge in [0, 0.05) is 44.9 Å². The van der Waals surface area contributed by atoms with Crippen molar-refractivity contribution in [2.75, 3.05) is 32.1 Å². The first-order valence-corrected chi connectivity index (χ1v) is 11.0. The Bertz CT molecular complexity index is 852. The van der Waals surface area contributed by atoms with Crippen LogP contribution in [0.1, 0.15) is 38.2 Å². The minimum atomic E-state index is -0.110. The lowest BCUT2D eigenvalue weighted by atomic mass is 9.67. The van der Waals surface area contributed by atoms with Crippen LogP contribution in [0.4, 0.5) is 5.69 Å². The third kappa shape index (κ3) is 8.09. The maximum Gasteiger partial charge on any atom is 0.246 e. The average molecular weight is 554 g/mol. The maximum atomic E-state index is 12.2. The molecule has 0 radical (unpaired) electrons. The molecule has 1 aromatic carbocycles. The molecule has 0 aliphatic heterocycles. The second-order valence-corrected chi connectivity index (χ2v) is 8.10. The van der Waals surface area contributed by atoms with Crippen molar-refractivity contribution in [3.8, 4) is 0 Å². The summed E-state index contributed by atoms with van der Waals surface area (Å²) in [5.41, 5.74) is 2.12. The van der Waals surface area contributed by atoms with E-state index >= 15 is 0 Å². The Morgan fingerprint density at radius 3 is 2.78 bits per heavy atom. The van der Waals surface area contributed by atoms with Crippen LogP contribution in [0, 0.1) is 5.41 Å². The lowest BCUT2D eigenvalue weighted by Crippen LogP contribution is -2.46. The van der Waals surface area contributed by atoms with Crippen molar-refractivity contribution >= 4 is 41.5 Å². The van der Waals surface area contributed by atoms with E-state index in [1.807, 2.05) is 24.3 Å². The highest BCUT2D eigenvalue weighted by Crippen LogP contribution is 2.43. The summed E-state index contributed by atoms with van der Waals surface area (Å²) in [6, 6.07) is 9.59. The van der Waals surface area contributed by atoms with E-state index in [0.29, 0.717) is 12.0 Å². The molecule has 0 saturated heterocycles. The van der Waals surface area contributed by atoms with E-state index < -0.39 is 0 Å². The molecule has 176 valence electrons. The fourth-order valence-electron chi connectivity index (χ4n) is 3.78. The number of aliphatic imine (C=N–C) groups is 1. The first-order valence-electron chi connectivity index (χ1n) is 11.0. The minimum absolute atomic E-state index is 0. The van der Waals surface area contributed by atoms with E-state index in [4.69, 9.17) is 9.73 Å². The van der Waals surface area contributed by atoms with Crippen LogP contribution in [0.3, 0.4) is 0 Å². The molecule has 9 heteroatoms. The molecule has 32 heavy (non-hydrogen) atoms. The molecule has 0 unspecified atom stereocenters. The zero-order valence-electron chi connectivity index (χ0n) is 19.0. The van der Waals surface area contributed by atoms with Crippen molar-refractivity contribution in [1.29, 1.82) is 0 Å². The Hall–Kier alpha value is -2.14. The van der Waals surface area contributed by atoms with Crippen molar-refractivity contribution < 1.29 is 9.53 Å². The zero-order valence-corrected chi connectivity index (χ0v) is 21.3. The van der Waals surface area contributed by atoms with E-state index in [1.54, 1.807) is 30.3 Å². The summed E-state index contributed by atoms with van der Waals surface area (Å²) in [5, 5.41) is 13.8. The average Bonchev–Trinajstić information content (AvgIpc) is 3.24. The lowest BCUT2D eigenvalue weighted by Gasteiger charge is -2.42. The number of hydrogen-bond acceptors (Lipinski definition) is 4. The number of anilines is 1. The molecular weight excluding hydrogens is 519 g/mol. The van der Waals surface area contributed by atoms with Gasteiger partial charge < -0.3 is 20.7 Å². The molecule has 3 N–H and O–H groups in total. The van der Waals surface area contributed by atoms with Gasteiger partial charge in [0.15, 0.2) is 5.96 Å². The van der Waals surface area contributed by atoms with E-state index in [0.717, 1.165) is 43.3 Å². The molecule has 1 fully saturated rings. The Balaban J connectivity index is 0.00000363. The van der Waals surface area contributed by atoms with E-state index in [-0.39, 0.29) is 36.4 Å². The van der Waals surface area contributed by atoms with Gasteiger partial charge in [-0.2, -0.15) is 5.10 Å². The Labute approximate surface area is 207 Å². The van der Waals surface area contributed by atoms with E-state index in [9.17, 15) is 4.79 Å². The number of amides is 1. The van der Waals surface area contributed by atoms with Gasteiger partial charge in [-0.25, -0.2) is 4.99 Å². The second kappa shape index (κ2) is 13.4. The number of aromatic nitrogens is 2. The van der Waals surface area contributed by atoms with E-state index in [2.05, 4.69) is 28.0 Å². The van der Waals surface area contributed by atoms with Gasteiger partial charge in [0.1, 0.15) is 6.54 Å². The molecule has 0 spiro atoms. The monoisotopic (exact) mass is 554 g/mol. The van der Waals surface area contributed by atoms with Gasteiger partial charge in [0.05, 0.1) is 6.54 Å². The highest BCUT2D eigenvalue weighted by atomic mass is 127. The fourth-order valence-corrected chi connectivity index (χ4v) is 3.78. The molecule has 1 aromatic heterocycles. The van der Waals surface area contributed by atoms with Crippen LogP contribution in [-0.4, -0.2) is 48.5 Å². The summed E-state index contributed by atoms with van der Waals surface area (Å²) in [4.78, 5) is 16.9. The van der Waals surface area contributed by atoms with Crippen molar-refractivity contribution in [2.24, 2.45) is 10.4 Å². The van der Waals surface area contributed by atoms with Crippen LogP contribution in [0.2, 0.25) is 0 Å². The minimum Gasteiger partial charge on any atom is -0.385 e. The van der Waals surface area contributed by atoms with Crippen molar-refractivity contribution in [2.45, 2.75) is 45.7 Å². The number of guanidine groups is 1. The summed E-state index contributed by atoms with van der Waals surface area (Å²) >= 11 is 0. The first-order chi connectivity index (χ1) is 15.1. The van der Waals surface area contributed by atoms with Crippen molar-refractivity contribution in [1.82, 2.24) is 20.4 Å². The number of nitrogens with zero attached hydrogens (tertiary/aromatic N) is 3. The van der Waals surface area contributed by atoms with Gasteiger partial charge in [-0.05, 0) is 55.4 Å². The number of carbonyl (C=O) groups excluding carboxylic acids is 1. The van der Waals surface area contributed by atoms with Gasteiger partial charge in [0.25, 0.3) is 0 Å². The van der Waals surface area contributed by atoms with Gasteiger partial charge in [-0.3, -0.25) is 9.48 Å². The van der Waals surface area contributed by atoms with Crippen LogP contribution < -0.4 is 16.0 Å². The molecule has 1 heterocycles. The molecular formula is C23H35IN6O2. The maximum absolute atomic E-state index is 12.2. The third-order valence-electron chi connectivity index (χ3n) is 5.72. The Morgan fingerprint density at radius 1 is 1.28 bits per heavy atom. The molecule has 2 aromatic rings. The summed E-state index contributed by atoms with van der Waals surface area (Å²) in [6.07, 6.45) is 8.27. The number of ether oxygens (including phenoxy) is 1. The quantitative estimate of drug-likeness (QED) is 0.225. The molecule has 1 aliphatic carbocycles. The van der Waals surface area contributed by atoms with Crippen LogP contribution in [-0.2, 0) is 22.6 Å². The second-order valence-electron chi connectivity index (χ2n) is 8.10. The fraction of sp³-hybridized carbons (Fsp3) is 0.522. The van der Waals surface area contributed by atoms with Gasteiger partial charge >= 0.3 is 0 Å². The predicted molar refractivity (Wildman–Crippen MR) is 138 cm³/mol. The number of benzene rings is 1. The molecule has 8 nitrogen and oxygen atoms in total. The van der Waals surface area contributed by atoms with Crippen molar-refractivity contribution in [3.63, 3.8) is 0 Å². The summed E-state index contributed by atoms with van der Waals surface area (Å²) in [6.45, 7) is 5.30. The number of hydrogen-bond donors (Lipinski definition) is 3. The Morgan fingerprint density at radius 2 is 2.12 bits per heavy atom. The number of methoxy groups -OCH3 is 1. The Kier molecular flexibility index (Phi) is 10.9. The first kappa shape index (κ1) is 26.1. The zero-order chi connectivity index (χ0) is 21.9. The molecule has 0 bridgehead atoms. The van der Waals surface area contributed by atoms with Gasteiger partial charge in [0.2, 0.25) is 5.91 Å². The standard InChI is InChI=1S/C23H34N6O2.HI/c1-3-24-22(26-18-23(9-5-10-23)11-14-31-2)25-16-19-7-4-8-20(15-19)28-21(30)17-29-13-6-12-27-29;/h4,6-8,12-13,15H,3,5,9-11,14,16-18H2,1-2H3,(H,28,30)(H2,24,25,26);1H. The molecule has 0 atom stereocenters. The van der Waals surface area contributed by atoms with Crippen LogP contribution in [0.15, 0.2) is 47.7 Å². The predicted octanol–water partition coefficient (Wildman–Crippen LogP) is 3.40. The topological polar surface area (TPSA) is 92.6 Å². The largest absolute Gasteiger partial charge is 0.385 e. The smallest absolute Gasteiger partial charge is 0.246 e. The van der Waals surface area contributed by atoms with Crippen LogP contribution >= 0.6 is 24.0 Å². The molecule has 1 saturated carbocycles. The van der Waals surface area contributed by atoms with Gasteiger partial charge in [-0.1, -0.05) is 18.6 Å². The molecule has 1 aliphatic rings. The summed E-state index contributed by atoms with van der Waals surface area (Å²) in [7, 11) is 1.76. The van der Waals surface area contributed by atoms with Crippen LogP contribution in [0.5, 0.6) is 0 Å². The van der Waals surface area contributed by atoms with Crippen LogP contribution in [0.25, 0.3) is 0 Å². The van der Waals surface area contributed by atoms with Gasteiger partial charge in [-0.15, -0.1) is 24.0 Å². The number of nitrogens with one attached hydrogen (secondary N) is 3. The molecule has 1 amide bonds. The number of rotatable bonds is 11. The summed E-state index contributed by atoms with van der Waals surface area (Å²) in [5.74, 6) is 0.709. The van der Waals surface area contributed by atoms with Crippen molar-refractivity contribution in [3.05, 3.63) is 48.3 Å². The highest BCUT2D eigenvalue weighted by molar-refractivity contribution is 14.0. The SMILES string of the molecule is CCNC(=NCc1cccc(NC(=O)Cn2cccn2)c1)NCC1(CCOC)CCC1.I. The third-order valence-corrected chi connectivity index (χ3v) is 5.72. The van der Waals surface area contributed by atoms with E-state index in [1.165, 1.54) is 19.3 Å². The number of halogens is 1. The summed E-state index contributed by atoms with van der Waals surface area (Å²) < 4.78 is 6.89.